The summed E-state index contributed by atoms with van der Waals surface area (Å²) < 4.78 is 74.3. The van der Waals surface area contributed by atoms with Gasteiger partial charge in [0.05, 0.1) is 14.2 Å². The zero-order chi connectivity index (χ0) is 20.3. The van der Waals surface area contributed by atoms with Crippen molar-refractivity contribution in [3.63, 3.8) is 0 Å². The van der Waals surface area contributed by atoms with Gasteiger partial charge in [-0.2, -0.15) is 26.7 Å². The van der Waals surface area contributed by atoms with Crippen molar-refractivity contribution in [3.8, 4) is 5.88 Å². The third-order valence-corrected chi connectivity index (χ3v) is 4.01. The summed E-state index contributed by atoms with van der Waals surface area (Å²) in [4.78, 5) is 23.7. The van der Waals surface area contributed by atoms with Crippen molar-refractivity contribution in [1.29, 1.82) is 0 Å². The Bertz CT molecular complexity index is 784. The highest BCUT2D eigenvalue weighted by molar-refractivity contribution is 7.88. The van der Waals surface area contributed by atoms with Gasteiger partial charge in [-0.05, 0) is 12.3 Å². The molecule has 0 N–H and O–H groups in total. The van der Waals surface area contributed by atoms with Crippen LogP contribution >= 0.6 is 0 Å². The van der Waals surface area contributed by atoms with Crippen molar-refractivity contribution in [3.05, 3.63) is 11.3 Å². The van der Waals surface area contributed by atoms with Crippen LogP contribution in [-0.4, -0.2) is 49.9 Å². The molecule has 0 bridgehead atoms. The molecule has 0 amide bonds. The smallest absolute Gasteiger partial charge is 0.465 e. The molecule has 0 saturated carbocycles. The molecule has 13 heteroatoms. The Balaban J connectivity index is 3.62. The van der Waals surface area contributed by atoms with E-state index < -0.39 is 44.7 Å². The molecule has 0 aromatic carbocycles. The van der Waals surface area contributed by atoms with E-state index in [2.05, 4.69) is 18.8 Å². The van der Waals surface area contributed by atoms with Gasteiger partial charge < -0.3 is 13.7 Å². The second-order valence-corrected chi connectivity index (χ2v) is 6.94. The first-order valence-electron chi connectivity index (χ1n) is 7.13. The van der Waals surface area contributed by atoms with E-state index in [0.29, 0.717) is 11.1 Å². The first-order chi connectivity index (χ1) is 11.9. The maximum Gasteiger partial charge on any atom is 0.534 e. The fourth-order valence-corrected chi connectivity index (χ4v) is 2.21. The number of hydrogen-bond acceptors (Lipinski definition) is 8. The van der Waals surface area contributed by atoms with Crippen LogP contribution in [0.2, 0.25) is 0 Å². The van der Waals surface area contributed by atoms with Crippen LogP contribution in [0.25, 0.3) is 0 Å². The molecule has 0 unspecified atom stereocenters. The van der Waals surface area contributed by atoms with Crippen molar-refractivity contribution in [2.75, 3.05) is 14.2 Å². The molecular weight excluding hydrogens is 385 g/mol. The number of halogens is 3. The number of hydrogen-bond donors (Lipinski definition) is 0. The van der Waals surface area contributed by atoms with Crippen LogP contribution in [-0.2, 0) is 26.1 Å². The van der Waals surface area contributed by atoms with Gasteiger partial charge in [-0.1, -0.05) is 13.8 Å². The molecule has 1 heterocycles. The molecule has 0 saturated heterocycles. The molecule has 0 aliphatic carbocycles. The fourth-order valence-electron chi connectivity index (χ4n) is 1.74. The first-order valence-corrected chi connectivity index (χ1v) is 8.54. The van der Waals surface area contributed by atoms with E-state index >= 15 is 0 Å². The largest absolute Gasteiger partial charge is 0.534 e. The number of carbonyl (C=O) groups is 2. The number of methoxy groups -OCH3 is 2. The molecule has 0 radical (unpaired) electrons. The second kappa shape index (κ2) is 7.93. The quantitative estimate of drug-likeness (QED) is 0.385. The lowest BCUT2D eigenvalue weighted by Gasteiger charge is -2.13. The van der Waals surface area contributed by atoms with Gasteiger partial charge in [-0.3, -0.25) is 0 Å². The second-order valence-electron chi connectivity index (χ2n) is 5.40. The van der Waals surface area contributed by atoms with Gasteiger partial charge in [0.2, 0.25) is 5.88 Å². The number of rotatable bonds is 7. The van der Waals surface area contributed by atoms with E-state index in [9.17, 15) is 31.2 Å². The van der Waals surface area contributed by atoms with Crippen molar-refractivity contribution in [1.82, 2.24) is 9.78 Å². The summed E-state index contributed by atoms with van der Waals surface area (Å²) >= 11 is 0. The average molecular weight is 402 g/mol. The summed E-state index contributed by atoms with van der Waals surface area (Å²) in [5, 5.41) is 3.67. The molecule has 0 aliphatic heterocycles. The standard InChI is InChI=1S/C13H17F3N2O7S/c1-7(2)5-6-18-10(25-26(21,22)13(14,15)16)8(11(19)23-3)9(17-18)12(20)24-4/h7H,5-6H2,1-4H3. The molecule has 1 rings (SSSR count). The van der Waals surface area contributed by atoms with Gasteiger partial charge in [-0.25, -0.2) is 14.3 Å². The topological polar surface area (TPSA) is 114 Å². The molecule has 1 aromatic rings. The number of aromatic nitrogens is 2. The summed E-state index contributed by atoms with van der Waals surface area (Å²) in [7, 11) is -4.28. The van der Waals surface area contributed by atoms with Crippen molar-refractivity contribution >= 4 is 22.1 Å². The lowest BCUT2D eigenvalue weighted by molar-refractivity contribution is -0.0503. The number of esters is 2. The summed E-state index contributed by atoms with van der Waals surface area (Å²) in [6.07, 6.45) is 0.339. The molecule has 9 nitrogen and oxygen atoms in total. The van der Waals surface area contributed by atoms with Crippen LogP contribution in [0.4, 0.5) is 13.2 Å². The minimum Gasteiger partial charge on any atom is -0.465 e. The maximum atomic E-state index is 12.7. The Hall–Kier alpha value is -2.31. The molecular formula is C13H17F3N2O7S. The molecule has 0 atom stereocenters. The van der Waals surface area contributed by atoms with Gasteiger partial charge in [0.15, 0.2) is 11.3 Å². The summed E-state index contributed by atoms with van der Waals surface area (Å²) in [6.45, 7) is 3.46. The van der Waals surface area contributed by atoms with E-state index in [0.717, 1.165) is 14.2 Å². The Morgan fingerprint density at radius 3 is 2.12 bits per heavy atom. The van der Waals surface area contributed by atoms with Gasteiger partial charge in [-0.15, -0.1) is 0 Å². The Labute approximate surface area is 147 Å². The fraction of sp³-hybridized carbons (Fsp3) is 0.615. The number of ether oxygens (including phenoxy) is 2. The van der Waals surface area contributed by atoms with E-state index in [1.165, 1.54) is 0 Å². The van der Waals surface area contributed by atoms with E-state index in [1.807, 2.05) is 0 Å². The monoisotopic (exact) mass is 402 g/mol. The van der Waals surface area contributed by atoms with Gasteiger partial charge in [0.1, 0.15) is 0 Å². The molecule has 1 aromatic heterocycles. The van der Waals surface area contributed by atoms with Gasteiger partial charge >= 0.3 is 27.6 Å². The van der Waals surface area contributed by atoms with E-state index in [-0.39, 0.29) is 12.5 Å². The van der Waals surface area contributed by atoms with E-state index in [1.54, 1.807) is 13.8 Å². The van der Waals surface area contributed by atoms with Crippen LogP contribution < -0.4 is 4.18 Å². The maximum absolute atomic E-state index is 12.7. The van der Waals surface area contributed by atoms with Crippen LogP contribution in [0, 0.1) is 5.92 Å². The highest BCUT2D eigenvalue weighted by atomic mass is 32.2. The van der Waals surface area contributed by atoms with Crippen molar-refractivity contribution < 1.29 is 44.8 Å². The zero-order valence-corrected chi connectivity index (χ0v) is 15.1. The predicted molar refractivity (Wildman–Crippen MR) is 80.0 cm³/mol. The Kier molecular flexibility index (Phi) is 6.63. The zero-order valence-electron chi connectivity index (χ0n) is 14.3. The van der Waals surface area contributed by atoms with Gasteiger partial charge in [0.25, 0.3) is 0 Å². The third kappa shape index (κ3) is 4.65. The molecule has 0 fully saturated rings. The molecule has 26 heavy (non-hydrogen) atoms. The highest BCUT2D eigenvalue weighted by Crippen LogP contribution is 2.31. The average Bonchev–Trinajstić information content (AvgIpc) is 2.88. The summed E-state index contributed by atoms with van der Waals surface area (Å²) in [5.41, 5.74) is -7.36. The summed E-state index contributed by atoms with van der Waals surface area (Å²) in [6, 6.07) is 0. The minimum absolute atomic E-state index is 0.0504. The normalized spacial score (nSPS) is 12.2. The van der Waals surface area contributed by atoms with E-state index in [4.69, 9.17) is 0 Å². The number of carbonyl (C=O) groups excluding carboxylic acids is 2. The van der Waals surface area contributed by atoms with Crippen LogP contribution in [0.15, 0.2) is 0 Å². The molecule has 0 aliphatic rings. The number of alkyl halides is 3. The Morgan fingerprint density at radius 1 is 1.15 bits per heavy atom. The highest BCUT2D eigenvalue weighted by Gasteiger charge is 2.50. The number of nitrogens with zero attached hydrogens (tertiary/aromatic N) is 2. The SMILES string of the molecule is COC(=O)c1nn(CCC(C)C)c(OS(=O)(=O)C(F)(F)F)c1C(=O)OC. The summed E-state index contributed by atoms with van der Waals surface area (Å²) in [5.74, 6) is -3.51. The number of aryl methyl sites for hydroxylation is 1. The minimum atomic E-state index is -6.12. The van der Waals surface area contributed by atoms with Crippen molar-refractivity contribution in [2.24, 2.45) is 5.92 Å². The lowest BCUT2D eigenvalue weighted by Crippen LogP contribution is -2.29. The van der Waals surface area contributed by atoms with Crippen LogP contribution in [0.1, 0.15) is 41.1 Å². The molecule has 148 valence electrons. The molecule has 0 spiro atoms. The first kappa shape index (κ1) is 21.7. The lowest BCUT2D eigenvalue weighted by atomic mass is 10.1. The Morgan fingerprint density at radius 2 is 1.69 bits per heavy atom. The third-order valence-electron chi connectivity index (χ3n) is 3.06. The predicted octanol–water partition coefficient (Wildman–Crippen LogP) is 1.73. The van der Waals surface area contributed by atoms with Crippen LogP contribution in [0.5, 0.6) is 5.88 Å². The van der Waals surface area contributed by atoms with Crippen LogP contribution in [0.3, 0.4) is 0 Å². The van der Waals surface area contributed by atoms with Gasteiger partial charge in [0, 0.05) is 6.54 Å². The van der Waals surface area contributed by atoms with Crippen molar-refractivity contribution in [2.45, 2.75) is 32.3 Å².